The summed E-state index contributed by atoms with van der Waals surface area (Å²) in [4.78, 5) is 0. The van der Waals surface area contributed by atoms with Crippen LogP contribution in [0, 0.1) is 18.3 Å². The molecule has 0 heterocycles. The molecule has 0 radical (unpaired) electrons. The molecular weight excluding hydrogens is 240 g/mol. The van der Waals surface area contributed by atoms with Crippen LogP contribution >= 0.6 is 0 Å². The summed E-state index contributed by atoms with van der Waals surface area (Å²) >= 11 is 0. The van der Waals surface area contributed by atoms with Crippen LogP contribution in [0.1, 0.15) is 102 Å². The largest absolute Gasteiger partial charge is 0.120 e. The Labute approximate surface area is 134 Å². The van der Waals surface area contributed by atoms with Crippen molar-refractivity contribution in [3.05, 3.63) is 13.2 Å². The molecule has 20 heavy (non-hydrogen) atoms. The van der Waals surface area contributed by atoms with Crippen molar-refractivity contribution < 1.29 is 0 Å². The maximum absolute atomic E-state index is 4.92. The smallest absolute Gasteiger partial charge is 0.0143 e. The first-order valence-electron chi connectivity index (χ1n) is 8.73. The molecule has 0 aromatic heterocycles. The summed E-state index contributed by atoms with van der Waals surface area (Å²) in [5, 5.41) is 0. The molecule has 1 saturated carbocycles. The van der Waals surface area contributed by atoms with Gasteiger partial charge in [0.05, 0.1) is 0 Å². The predicted octanol–water partition coefficient (Wildman–Crippen LogP) is 8.38. The summed E-state index contributed by atoms with van der Waals surface area (Å²) in [7, 11) is 0. The second kappa shape index (κ2) is 138. The molecule has 0 saturated heterocycles. The Bertz CT molecular complexity index is 79.9. The van der Waals surface area contributed by atoms with E-state index in [1.165, 1.54) is 19.3 Å². The molecule has 1 fully saturated rings. The van der Waals surface area contributed by atoms with Gasteiger partial charge in [0, 0.05) is 5.92 Å². The third-order valence-corrected chi connectivity index (χ3v) is 0.687. The molecule has 0 aromatic rings. The minimum atomic E-state index is 0.412. The fraction of sp³-hybridized carbons (Fsp3) is 0.800. The normalized spacial score (nSPS) is 7.20. The SMILES string of the molecule is C#CC(C)C.C1CC1.C=C.CC.CC.CC.CC.CC. The molecule has 1 rings (SSSR count). The van der Waals surface area contributed by atoms with Crippen molar-refractivity contribution in [3.63, 3.8) is 0 Å². The first kappa shape index (κ1) is 42.7. The van der Waals surface area contributed by atoms with E-state index in [-0.39, 0.29) is 0 Å². The van der Waals surface area contributed by atoms with Gasteiger partial charge in [-0.2, -0.15) is 0 Å². The summed E-state index contributed by atoms with van der Waals surface area (Å²) in [5.41, 5.74) is 0. The van der Waals surface area contributed by atoms with Gasteiger partial charge in [-0.3, -0.25) is 0 Å². The van der Waals surface area contributed by atoms with Crippen molar-refractivity contribution >= 4 is 0 Å². The molecule has 0 unspecified atom stereocenters. The molecule has 0 nitrogen and oxygen atoms in total. The van der Waals surface area contributed by atoms with Crippen molar-refractivity contribution in [1.82, 2.24) is 0 Å². The molecule has 0 spiro atoms. The molecule has 0 atom stereocenters. The van der Waals surface area contributed by atoms with Crippen LogP contribution in [0.4, 0.5) is 0 Å². The van der Waals surface area contributed by atoms with Crippen molar-refractivity contribution in [2.45, 2.75) is 102 Å². The van der Waals surface area contributed by atoms with Crippen LogP contribution in [-0.4, -0.2) is 0 Å². The van der Waals surface area contributed by atoms with Crippen LogP contribution in [0.15, 0.2) is 13.2 Å². The number of terminal acetylenes is 1. The van der Waals surface area contributed by atoms with Gasteiger partial charge in [0.1, 0.15) is 0 Å². The van der Waals surface area contributed by atoms with Crippen LogP contribution in [0.5, 0.6) is 0 Å². The fourth-order valence-corrected chi connectivity index (χ4v) is 0. The van der Waals surface area contributed by atoms with Crippen molar-refractivity contribution in [1.29, 1.82) is 0 Å². The number of hydrogen-bond donors (Lipinski definition) is 0. The van der Waals surface area contributed by atoms with Gasteiger partial charge in [-0.05, 0) is 0 Å². The molecule has 0 heteroatoms. The lowest BCUT2D eigenvalue weighted by molar-refractivity contribution is 0.868. The molecule has 0 bridgehead atoms. The maximum atomic E-state index is 4.92. The molecule has 0 aliphatic heterocycles. The Hall–Kier alpha value is -0.700. The van der Waals surface area contributed by atoms with E-state index in [2.05, 4.69) is 19.1 Å². The van der Waals surface area contributed by atoms with Gasteiger partial charge in [-0.1, -0.05) is 102 Å². The van der Waals surface area contributed by atoms with E-state index in [0.717, 1.165) is 0 Å². The summed E-state index contributed by atoms with van der Waals surface area (Å²) in [5.74, 6) is 2.94. The van der Waals surface area contributed by atoms with Gasteiger partial charge >= 0.3 is 0 Å². The van der Waals surface area contributed by atoms with Gasteiger partial charge < -0.3 is 0 Å². The Kier molecular flexibility index (Phi) is 295. The van der Waals surface area contributed by atoms with Gasteiger partial charge in [0.2, 0.25) is 0 Å². The summed E-state index contributed by atoms with van der Waals surface area (Å²) in [6.07, 6.45) is 9.42. The standard InChI is InChI=1S/C5H8.C3H6.5C2H6.C2H4/c1-4-5(2)3;1-2-3-1;6*1-2/h1,5H,2-3H3;1-3H2;5*1-2H3;1-2H2. The lowest BCUT2D eigenvalue weighted by Crippen LogP contribution is -1.72. The minimum Gasteiger partial charge on any atom is -0.120 e. The zero-order valence-corrected chi connectivity index (χ0v) is 17.2. The third kappa shape index (κ3) is 869. The Balaban J connectivity index is -0.0000000202. The number of hydrogen-bond acceptors (Lipinski definition) is 0. The highest BCUT2D eigenvalue weighted by Gasteiger charge is 1.95. The molecular formula is C20H48. The Morgan fingerprint density at radius 3 is 0.750 bits per heavy atom. The first-order valence-corrected chi connectivity index (χ1v) is 8.73. The van der Waals surface area contributed by atoms with E-state index in [9.17, 15) is 0 Å². The summed E-state index contributed by atoms with van der Waals surface area (Å²) in [6.45, 7) is 30.0. The Morgan fingerprint density at radius 1 is 0.650 bits per heavy atom. The first-order chi connectivity index (χ1) is 9.77. The second-order valence-electron chi connectivity index (χ2n) is 2.38. The van der Waals surface area contributed by atoms with Crippen LogP contribution < -0.4 is 0 Å². The fourth-order valence-electron chi connectivity index (χ4n) is 0. The van der Waals surface area contributed by atoms with E-state index in [1.807, 2.05) is 83.1 Å². The van der Waals surface area contributed by atoms with Crippen LogP contribution in [0.25, 0.3) is 0 Å². The van der Waals surface area contributed by atoms with Crippen molar-refractivity contribution in [3.8, 4) is 12.3 Å². The molecule has 0 aromatic carbocycles. The van der Waals surface area contributed by atoms with Crippen LogP contribution in [0.2, 0.25) is 0 Å². The topological polar surface area (TPSA) is 0 Å². The van der Waals surface area contributed by atoms with Gasteiger partial charge in [0.25, 0.3) is 0 Å². The van der Waals surface area contributed by atoms with Gasteiger partial charge in [0.15, 0.2) is 0 Å². The summed E-state index contributed by atoms with van der Waals surface area (Å²) < 4.78 is 0. The highest BCUT2D eigenvalue weighted by molar-refractivity contribution is 4.86. The highest BCUT2D eigenvalue weighted by atomic mass is 14.0. The van der Waals surface area contributed by atoms with E-state index < -0.39 is 0 Å². The minimum absolute atomic E-state index is 0.412. The second-order valence-corrected chi connectivity index (χ2v) is 2.38. The van der Waals surface area contributed by atoms with Crippen molar-refractivity contribution in [2.24, 2.45) is 5.92 Å². The highest BCUT2D eigenvalue weighted by Crippen LogP contribution is 2.14. The van der Waals surface area contributed by atoms with E-state index in [0.29, 0.717) is 5.92 Å². The molecule has 1 aliphatic rings. The van der Waals surface area contributed by atoms with Crippen LogP contribution in [0.3, 0.4) is 0 Å². The monoisotopic (exact) mass is 288 g/mol. The van der Waals surface area contributed by atoms with Crippen LogP contribution in [-0.2, 0) is 0 Å². The van der Waals surface area contributed by atoms with E-state index in [4.69, 9.17) is 6.42 Å². The van der Waals surface area contributed by atoms with Gasteiger partial charge in [-0.15, -0.1) is 25.5 Å². The quantitative estimate of drug-likeness (QED) is 0.310. The average molecular weight is 289 g/mol. The molecule has 128 valence electrons. The predicted molar refractivity (Wildman–Crippen MR) is 106 cm³/mol. The Morgan fingerprint density at radius 2 is 0.750 bits per heavy atom. The lowest BCUT2D eigenvalue weighted by atomic mass is 10.2. The zero-order valence-electron chi connectivity index (χ0n) is 17.2. The lowest BCUT2D eigenvalue weighted by Gasteiger charge is -1.80. The van der Waals surface area contributed by atoms with E-state index in [1.54, 1.807) is 0 Å². The van der Waals surface area contributed by atoms with E-state index >= 15 is 0 Å². The average Bonchev–Trinajstić information content (AvgIpc) is 3.47. The number of rotatable bonds is 0. The summed E-state index contributed by atoms with van der Waals surface area (Å²) in [6, 6.07) is 0. The maximum Gasteiger partial charge on any atom is 0.0143 e. The molecule has 0 N–H and O–H groups in total. The zero-order chi connectivity index (χ0) is 18.4. The molecule has 1 aliphatic carbocycles. The van der Waals surface area contributed by atoms with Gasteiger partial charge in [-0.25, -0.2) is 0 Å². The molecule has 0 amide bonds. The van der Waals surface area contributed by atoms with Crippen molar-refractivity contribution in [2.75, 3.05) is 0 Å². The third-order valence-electron chi connectivity index (χ3n) is 0.687.